The van der Waals surface area contributed by atoms with Crippen molar-refractivity contribution in [2.45, 2.75) is 17.1 Å². The number of halogens is 3. The van der Waals surface area contributed by atoms with Crippen LogP contribution in [0.5, 0.6) is 0 Å². The van der Waals surface area contributed by atoms with Gasteiger partial charge in [0.05, 0.1) is 36.9 Å². The molecular formula is C15H15F3N2O3S. The second-order valence-corrected chi connectivity index (χ2v) is 6.42. The van der Waals surface area contributed by atoms with Crippen LogP contribution in [0.3, 0.4) is 0 Å². The Hall–Kier alpha value is -1.58. The minimum atomic E-state index is -4.44. The summed E-state index contributed by atoms with van der Waals surface area (Å²) in [7, 11) is 1.56. The van der Waals surface area contributed by atoms with Crippen LogP contribution in [0.1, 0.15) is 11.6 Å². The normalized spacial score (nSPS) is 17.4. The highest BCUT2D eigenvalue weighted by Gasteiger charge is 2.33. The Kier molecular flexibility index (Phi) is 4.84. The van der Waals surface area contributed by atoms with Crippen molar-refractivity contribution >= 4 is 22.7 Å². The van der Waals surface area contributed by atoms with Crippen molar-refractivity contribution in [3.63, 3.8) is 0 Å². The molecule has 1 aliphatic rings. The third-order valence-electron chi connectivity index (χ3n) is 3.73. The SMILES string of the molecule is COCCOCC1CSc2cc(C(F)(F)F)cc3cnc(=O)n1c23. The maximum absolute atomic E-state index is 13.0. The molecule has 9 heteroatoms. The molecule has 0 saturated heterocycles. The molecule has 0 aliphatic carbocycles. The van der Waals surface area contributed by atoms with Gasteiger partial charge >= 0.3 is 11.9 Å². The van der Waals surface area contributed by atoms with Gasteiger partial charge < -0.3 is 9.47 Å². The zero-order valence-corrected chi connectivity index (χ0v) is 13.6. The van der Waals surface area contributed by atoms with Gasteiger partial charge in [0.15, 0.2) is 0 Å². The van der Waals surface area contributed by atoms with Crippen LogP contribution in [0.15, 0.2) is 28.0 Å². The molecule has 130 valence electrons. The number of benzene rings is 1. The highest BCUT2D eigenvalue weighted by Crippen LogP contribution is 2.40. The molecule has 0 radical (unpaired) electrons. The number of methoxy groups -OCH3 is 1. The Labute approximate surface area is 139 Å². The molecule has 3 rings (SSSR count). The summed E-state index contributed by atoms with van der Waals surface area (Å²) in [6.07, 6.45) is -3.24. The van der Waals surface area contributed by atoms with E-state index >= 15 is 0 Å². The lowest BCUT2D eigenvalue weighted by Crippen LogP contribution is -2.33. The van der Waals surface area contributed by atoms with E-state index in [1.54, 1.807) is 7.11 Å². The van der Waals surface area contributed by atoms with Crippen LogP contribution in [-0.4, -0.2) is 42.2 Å². The summed E-state index contributed by atoms with van der Waals surface area (Å²) < 4.78 is 50.9. The number of alkyl halides is 3. The molecule has 1 aromatic carbocycles. The van der Waals surface area contributed by atoms with E-state index in [1.165, 1.54) is 22.5 Å². The third kappa shape index (κ3) is 3.28. The summed E-state index contributed by atoms with van der Waals surface area (Å²) in [5.41, 5.74) is -0.733. The van der Waals surface area contributed by atoms with Crippen molar-refractivity contribution in [3.05, 3.63) is 34.4 Å². The van der Waals surface area contributed by atoms with Gasteiger partial charge in [0.25, 0.3) is 0 Å². The molecule has 1 aromatic heterocycles. The fourth-order valence-corrected chi connectivity index (χ4v) is 3.81. The van der Waals surface area contributed by atoms with Crippen molar-refractivity contribution in [1.29, 1.82) is 0 Å². The highest BCUT2D eigenvalue weighted by molar-refractivity contribution is 7.99. The van der Waals surface area contributed by atoms with Crippen LogP contribution in [0, 0.1) is 0 Å². The first-order valence-corrected chi connectivity index (χ1v) is 8.22. The molecule has 0 bridgehead atoms. The maximum Gasteiger partial charge on any atom is 0.416 e. The van der Waals surface area contributed by atoms with Crippen LogP contribution in [-0.2, 0) is 15.7 Å². The summed E-state index contributed by atoms with van der Waals surface area (Å²) >= 11 is 1.29. The fourth-order valence-electron chi connectivity index (χ4n) is 2.63. The zero-order chi connectivity index (χ0) is 17.3. The summed E-state index contributed by atoms with van der Waals surface area (Å²) in [6, 6.07) is 1.83. The first-order chi connectivity index (χ1) is 11.4. The van der Waals surface area contributed by atoms with E-state index in [0.717, 1.165) is 12.1 Å². The Morgan fingerprint density at radius 1 is 1.38 bits per heavy atom. The van der Waals surface area contributed by atoms with Gasteiger partial charge in [-0.05, 0) is 12.1 Å². The number of hydrogen-bond acceptors (Lipinski definition) is 5. The number of aromatic nitrogens is 2. The number of thioether (sulfide) groups is 1. The van der Waals surface area contributed by atoms with Gasteiger partial charge in [-0.25, -0.2) is 9.78 Å². The molecule has 5 nitrogen and oxygen atoms in total. The van der Waals surface area contributed by atoms with E-state index in [2.05, 4.69) is 4.98 Å². The van der Waals surface area contributed by atoms with E-state index in [-0.39, 0.29) is 12.6 Å². The van der Waals surface area contributed by atoms with Crippen LogP contribution < -0.4 is 5.69 Å². The van der Waals surface area contributed by atoms with Crippen molar-refractivity contribution in [3.8, 4) is 0 Å². The second-order valence-electron chi connectivity index (χ2n) is 5.35. The van der Waals surface area contributed by atoms with Gasteiger partial charge in [0.1, 0.15) is 0 Å². The smallest absolute Gasteiger partial charge is 0.382 e. The average molecular weight is 360 g/mol. The summed E-state index contributed by atoms with van der Waals surface area (Å²) in [6.45, 7) is 1.09. The van der Waals surface area contributed by atoms with Gasteiger partial charge in [-0.3, -0.25) is 4.57 Å². The third-order valence-corrected chi connectivity index (χ3v) is 4.90. The van der Waals surface area contributed by atoms with Gasteiger partial charge in [0.2, 0.25) is 0 Å². The predicted octanol–water partition coefficient (Wildman–Crippen LogP) is 2.73. The van der Waals surface area contributed by atoms with Crippen LogP contribution in [0.2, 0.25) is 0 Å². The molecule has 0 amide bonds. The highest BCUT2D eigenvalue weighted by atomic mass is 32.2. The summed E-state index contributed by atoms with van der Waals surface area (Å²) in [4.78, 5) is 16.3. The van der Waals surface area contributed by atoms with E-state index in [1.807, 2.05) is 0 Å². The van der Waals surface area contributed by atoms with Gasteiger partial charge in [-0.1, -0.05) is 0 Å². The quantitative estimate of drug-likeness (QED) is 0.768. The number of nitrogens with zero attached hydrogens (tertiary/aromatic N) is 2. The number of ether oxygens (including phenoxy) is 2. The minimum Gasteiger partial charge on any atom is -0.382 e. The van der Waals surface area contributed by atoms with E-state index in [4.69, 9.17) is 9.47 Å². The van der Waals surface area contributed by atoms with Crippen molar-refractivity contribution in [2.75, 3.05) is 32.7 Å². The molecule has 1 aliphatic heterocycles. The average Bonchev–Trinajstić information content (AvgIpc) is 2.54. The maximum atomic E-state index is 13.0. The monoisotopic (exact) mass is 360 g/mol. The summed E-state index contributed by atoms with van der Waals surface area (Å²) in [5, 5.41) is 0.300. The molecular weight excluding hydrogens is 345 g/mol. The van der Waals surface area contributed by atoms with Gasteiger partial charge in [-0.15, -0.1) is 11.8 Å². The molecule has 2 heterocycles. The zero-order valence-electron chi connectivity index (χ0n) is 12.8. The summed E-state index contributed by atoms with van der Waals surface area (Å²) in [5.74, 6) is 0.446. The van der Waals surface area contributed by atoms with Gasteiger partial charge in [-0.2, -0.15) is 13.2 Å². The van der Waals surface area contributed by atoms with Crippen LogP contribution >= 0.6 is 11.8 Å². The predicted molar refractivity (Wildman–Crippen MR) is 83.5 cm³/mol. The van der Waals surface area contributed by atoms with Crippen LogP contribution in [0.25, 0.3) is 10.9 Å². The Morgan fingerprint density at radius 2 is 2.17 bits per heavy atom. The van der Waals surface area contributed by atoms with Gasteiger partial charge in [0, 0.05) is 29.3 Å². The molecule has 0 spiro atoms. The van der Waals surface area contributed by atoms with E-state index < -0.39 is 17.4 Å². The molecule has 2 aromatic rings. The molecule has 0 fully saturated rings. The molecule has 0 N–H and O–H groups in total. The minimum absolute atomic E-state index is 0.275. The van der Waals surface area contributed by atoms with E-state index in [0.29, 0.717) is 34.8 Å². The number of hydrogen-bond donors (Lipinski definition) is 0. The second kappa shape index (κ2) is 6.73. The Balaban J connectivity index is 2.03. The topological polar surface area (TPSA) is 53.4 Å². The lowest BCUT2D eigenvalue weighted by Gasteiger charge is -2.27. The first-order valence-electron chi connectivity index (χ1n) is 7.24. The van der Waals surface area contributed by atoms with Crippen LogP contribution in [0.4, 0.5) is 13.2 Å². The van der Waals surface area contributed by atoms with E-state index in [9.17, 15) is 18.0 Å². The first kappa shape index (κ1) is 17.2. The van der Waals surface area contributed by atoms with Crippen molar-refractivity contribution in [2.24, 2.45) is 0 Å². The molecule has 24 heavy (non-hydrogen) atoms. The Morgan fingerprint density at radius 3 is 2.88 bits per heavy atom. The van der Waals surface area contributed by atoms with Crippen molar-refractivity contribution < 1.29 is 22.6 Å². The Bertz CT molecular complexity index is 807. The standard InChI is InChI=1S/C15H15F3N2O3S/c1-22-2-3-23-7-11-8-24-12-5-10(15(16,17)18)4-9-6-19-14(21)20(11)13(9)12/h4-6,11H,2-3,7-8H2,1H3. The van der Waals surface area contributed by atoms with Crippen molar-refractivity contribution in [1.82, 2.24) is 9.55 Å². The largest absolute Gasteiger partial charge is 0.416 e. The molecule has 0 saturated carbocycles. The fraction of sp³-hybridized carbons (Fsp3) is 0.467. The lowest BCUT2D eigenvalue weighted by atomic mass is 10.1. The molecule has 1 atom stereocenters. The number of rotatable bonds is 5. The lowest BCUT2D eigenvalue weighted by molar-refractivity contribution is -0.137. The molecule has 1 unspecified atom stereocenters.